The van der Waals surface area contributed by atoms with Gasteiger partial charge in [0.15, 0.2) is 17.4 Å². The van der Waals surface area contributed by atoms with Crippen LogP contribution in [0.5, 0.6) is 0 Å². The van der Waals surface area contributed by atoms with Gasteiger partial charge in [-0.15, -0.1) is 11.6 Å². The number of hydrogen-bond acceptors (Lipinski definition) is 3. The van der Waals surface area contributed by atoms with Gasteiger partial charge < -0.3 is 8.83 Å². The van der Waals surface area contributed by atoms with Gasteiger partial charge in [-0.1, -0.05) is 18.2 Å². The number of aryl methyl sites for hydroxylation is 1. The van der Waals surface area contributed by atoms with Crippen LogP contribution in [0.25, 0.3) is 22.5 Å². The van der Waals surface area contributed by atoms with Crippen LogP contribution in [-0.2, 0) is 6.42 Å². The van der Waals surface area contributed by atoms with E-state index in [0.717, 1.165) is 23.8 Å². The fraction of sp³-hybridized carbons (Fsp3) is 0.214. The lowest BCUT2D eigenvalue weighted by molar-refractivity contribution is 0.486. The molecule has 0 saturated heterocycles. The molecule has 0 aliphatic heterocycles. The van der Waals surface area contributed by atoms with E-state index in [-0.39, 0.29) is 0 Å². The van der Waals surface area contributed by atoms with Crippen molar-refractivity contribution < 1.29 is 8.83 Å². The first kappa shape index (κ1) is 11.4. The molecule has 0 N–H and O–H groups in total. The highest BCUT2D eigenvalue weighted by atomic mass is 35.5. The fourth-order valence-corrected chi connectivity index (χ4v) is 1.99. The summed E-state index contributed by atoms with van der Waals surface area (Å²) in [4.78, 5) is 4.21. The summed E-state index contributed by atoms with van der Waals surface area (Å²) in [5, 5.41) is 1.06. The number of aromatic nitrogens is 1. The highest BCUT2D eigenvalue weighted by Crippen LogP contribution is 2.28. The van der Waals surface area contributed by atoms with E-state index in [4.69, 9.17) is 20.4 Å². The number of nitrogens with zero attached hydrogens (tertiary/aromatic N) is 1. The summed E-state index contributed by atoms with van der Waals surface area (Å²) < 4.78 is 11.3. The molecule has 3 rings (SSSR count). The van der Waals surface area contributed by atoms with Gasteiger partial charge in [0, 0.05) is 17.7 Å². The van der Waals surface area contributed by atoms with Crippen molar-refractivity contribution >= 4 is 22.6 Å². The van der Waals surface area contributed by atoms with Crippen molar-refractivity contribution in [1.82, 2.24) is 4.98 Å². The second-order valence-electron chi connectivity index (χ2n) is 4.06. The maximum atomic E-state index is 5.71. The third-order valence-electron chi connectivity index (χ3n) is 2.75. The van der Waals surface area contributed by atoms with Gasteiger partial charge in [-0.05, 0) is 18.6 Å². The van der Waals surface area contributed by atoms with Crippen LogP contribution in [0.1, 0.15) is 12.3 Å². The molecule has 18 heavy (non-hydrogen) atoms. The van der Waals surface area contributed by atoms with E-state index in [2.05, 4.69) is 4.98 Å². The Labute approximate surface area is 109 Å². The maximum Gasteiger partial charge on any atom is 0.195 e. The van der Waals surface area contributed by atoms with Gasteiger partial charge >= 0.3 is 0 Å². The van der Waals surface area contributed by atoms with Crippen molar-refractivity contribution in [2.45, 2.75) is 12.8 Å². The van der Waals surface area contributed by atoms with E-state index in [0.29, 0.717) is 23.3 Å². The molecule has 0 spiro atoms. The van der Waals surface area contributed by atoms with E-state index in [1.807, 2.05) is 30.3 Å². The summed E-state index contributed by atoms with van der Waals surface area (Å²) >= 11 is 5.64. The Bertz CT molecular complexity index is 623. The SMILES string of the molecule is ClCCCc1ncc(-c2cc3ccccc3o2)o1. The third kappa shape index (κ3) is 2.14. The fourth-order valence-electron chi connectivity index (χ4n) is 1.86. The minimum Gasteiger partial charge on any atom is -0.453 e. The van der Waals surface area contributed by atoms with Gasteiger partial charge in [-0.2, -0.15) is 0 Å². The van der Waals surface area contributed by atoms with Crippen LogP contribution in [0.3, 0.4) is 0 Å². The van der Waals surface area contributed by atoms with Crippen LogP contribution in [0, 0.1) is 0 Å². The van der Waals surface area contributed by atoms with Crippen molar-refractivity contribution in [3.63, 3.8) is 0 Å². The molecule has 0 bridgehead atoms. The Kier molecular flexibility index (Phi) is 3.07. The molecule has 0 unspecified atom stereocenters. The Balaban J connectivity index is 1.91. The number of alkyl halides is 1. The molecule has 0 saturated carbocycles. The predicted octanol–water partition coefficient (Wildman–Crippen LogP) is 4.26. The maximum absolute atomic E-state index is 5.71. The van der Waals surface area contributed by atoms with Crippen LogP contribution < -0.4 is 0 Å². The lowest BCUT2D eigenvalue weighted by Crippen LogP contribution is -1.84. The van der Waals surface area contributed by atoms with Crippen LogP contribution >= 0.6 is 11.6 Å². The van der Waals surface area contributed by atoms with Crippen molar-refractivity contribution in [3.8, 4) is 11.5 Å². The number of oxazole rings is 1. The third-order valence-corrected chi connectivity index (χ3v) is 3.01. The summed E-state index contributed by atoms with van der Waals surface area (Å²) in [5.41, 5.74) is 0.853. The normalized spacial score (nSPS) is 11.2. The number of fused-ring (bicyclic) bond motifs is 1. The quantitative estimate of drug-likeness (QED) is 0.659. The highest BCUT2D eigenvalue weighted by Gasteiger charge is 2.11. The molecular weight excluding hydrogens is 250 g/mol. The number of benzene rings is 1. The number of halogens is 1. The molecular formula is C14H12ClNO2. The minimum absolute atomic E-state index is 0.613. The number of rotatable bonds is 4. The average Bonchev–Trinajstić information content (AvgIpc) is 3.02. The minimum atomic E-state index is 0.613. The van der Waals surface area contributed by atoms with Crippen molar-refractivity contribution in [3.05, 3.63) is 42.4 Å². The zero-order valence-electron chi connectivity index (χ0n) is 9.73. The zero-order valence-corrected chi connectivity index (χ0v) is 10.5. The van der Waals surface area contributed by atoms with Crippen LogP contribution in [0.15, 0.2) is 45.4 Å². The molecule has 0 radical (unpaired) electrons. The molecule has 1 aromatic carbocycles. The van der Waals surface area contributed by atoms with Gasteiger partial charge in [0.1, 0.15) is 5.58 Å². The molecule has 2 heterocycles. The number of hydrogen-bond donors (Lipinski definition) is 0. The van der Waals surface area contributed by atoms with Crippen molar-refractivity contribution in [1.29, 1.82) is 0 Å². The zero-order chi connectivity index (χ0) is 12.4. The van der Waals surface area contributed by atoms with Crippen LogP contribution in [0.4, 0.5) is 0 Å². The molecule has 0 aliphatic rings. The first-order chi connectivity index (χ1) is 8.86. The Morgan fingerprint density at radius 2 is 2.00 bits per heavy atom. The van der Waals surface area contributed by atoms with Gasteiger partial charge in [0.25, 0.3) is 0 Å². The largest absolute Gasteiger partial charge is 0.453 e. The van der Waals surface area contributed by atoms with Crippen molar-refractivity contribution in [2.24, 2.45) is 0 Å². The number of furan rings is 1. The highest BCUT2D eigenvalue weighted by molar-refractivity contribution is 6.17. The second kappa shape index (κ2) is 4.86. The summed E-state index contributed by atoms with van der Waals surface area (Å²) in [6.45, 7) is 0. The van der Waals surface area contributed by atoms with Crippen molar-refractivity contribution in [2.75, 3.05) is 5.88 Å². The smallest absolute Gasteiger partial charge is 0.195 e. The Hall–Kier alpha value is -1.74. The number of para-hydroxylation sites is 1. The Morgan fingerprint density at radius 3 is 2.83 bits per heavy atom. The van der Waals surface area contributed by atoms with Gasteiger partial charge in [-0.25, -0.2) is 4.98 Å². The molecule has 3 aromatic rings. The first-order valence-corrected chi connectivity index (χ1v) is 6.40. The van der Waals surface area contributed by atoms with Gasteiger partial charge in [0.05, 0.1) is 6.20 Å². The summed E-state index contributed by atoms with van der Waals surface area (Å²) in [6.07, 6.45) is 3.31. The molecule has 92 valence electrons. The van der Waals surface area contributed by atoms with Crippen LogP contribution in [0.2, 0.25) is 0 Å². The van der Waals surface area contributed by atoms with Crippen LogP contribution in [-0.4, -0.2) is 10.9 Å². The molecule has 0 fully saturated rings. The van der Waals surface area contributed by atoms with E-state index < -0.39 is 0 Å². The molecule has 3 nitrogen and oxygen atoms in total. The standard InChI is InChI=1S/C14H12ClNO2/c15-7-3-6-14-16-9-13(18-14)12-8-10-4-1-2-5-11(10)17-12/h1-2,4-5,8-9H,3,6-7H2. The topological polar surface area (TPSA) is 39.2 Å². The van der Waals surface area contributed by atoms with E-state index >= 15 is 0 Å². The lowest BCUT2D eigenvalue weighted by Gasteiger charge is -1.91. The van der Waals surface area contributed by atoms with Gasteiger partial charge in [-0.3, -0.25) is 0 Å². The molecule has 0 aliphatic carbocycles. The van der Waals surface area contributed by atoms with E-state index in [1.54, 1.807) is 6.20 Å². The van der Waals surface area contributed by atoms with E-state index in [1.165, 1.54) is 0 Å². The summed E-state index contributed by atoms with van der Waals surface area (Å²) in [6, 6.07) is 9.83. The first-order valence-electron chi connectivity index (χ1n) is 5.86. The monoisotopic (exact) mass is 261 g/mol. The summed E-state index contributed by atoms with van der Waals surface area (Å²) in [7, 11) is 0. The average molecular weight is 262 g/mol. The summed E-state index contributed by atoms with van der Waals surface area (Å²) in [5.74, 6) is 2.69. The Morgan fingerprint density at radius 1 is 1.11 bits per heavy atom. The second-order valence-corrected chi connectivity index (χ2v) is 4.44. The molecule has 0 atom stereocenters. The molecule has 0 amide bonds. The lowest BCUT2D eigenvalue weighted by atomic mass is 10.2. The van der Waals surface area contributed by atoms with E-state index in [9.17, 15) is 0 Å². The molecule has 4 heteroatoms. The predicted molar refractivity (Wildman–Crippen MR) is 70.8 cm³/mol. The van der Waals surface area contributed by atoms with Gasteiger partial charge in [0.2, 0.25) is 0 Å². The molecule has 2 aromatic heterocycles.